The monoisotopic (exact) mass is 244 g/mol. The van der Waals surface area contributed by atoms with Crippen LogP contribution in [0.3, 0.4) is 0 Å². The molecule has 0 unspecified atom stereocenters. The summed E-state index contributed by atoms with van der Waals surface area (Å²) in [6.07, 6.45) is 6.81. The molecule has 0 aliphatic carbocycles. The Bertz CT molecular complexity index is 408. The average molecular weight is 244 g/mol. The molecule has 0 aliphatic rings. The second-order valence-electron chi connectivity index (χ2n) is 4.43. The molecule has 0 spiro atoms. The lowest BCUT2D eigenvalue weighted by Gasteiger charge is -2.08. The molecule has 1 rings (SSSR count). The summed E-state index contributed by atoms with van der Waals surface area (Å²) in [5, 5.41) is 0. The van der Waals surface area contributed by atoms with Crippen LogP contribution in [-0.4, -0.2) is 12.1 Å². The molecule has 0 aliphatic heterocycles. The Kier molecular flexibility index (Phi) is 6.34. The SMILES string of the molecule is [CH2]CCCC(=O)c1cccc(CCCC)c1[C]=O. The Hall–Kier alpha value is -1.44. The van der Waals surface area contributed by atoms with Crippen LogP contribution in [0.2, 0.25) is 0 Å². The van der Waals surface area contributed by atoms with Crippen LogP contribution in [0.4, 0.5) is 0 Å². The van der Waals surface area contributed by atoms with E-state index in [-0.39, 0.29) is 5.78 Å². The molecular formula is C16H20O2. The molecule has 2 nitrogen and oxygen atoms in total. The molecule has 0 N–H and O–H groups in total. The highest BCUT2D eigenvalue weighted by Gasteiger charge is 2.14. The number of rotatable bonds is 8. The predicted octanol–water partition coefficient (Wildman–Crippen LogP) is 3.67. The van der Waals surface area contributed by atoms with E-state index in [1.165, 1.54) is 0 Å². The van der Waals surface area contributed by atoms with Gasteiger partial charge in [-0.05, 0) is 24.8 Å². The van der Waals surface area contributed by atoms with Crippen molar-refractivity contribution in [2.24, 2.45) is 0 Å². The van der Waals surface area contributed by atoms with Crippen molar-refractivity contribution >= 4 is 12.1 Å². The molecule has 0 heterocycles. The van der Waals surface area contributed by atoms with Crippen LogP contribution in [0, 0.1) is 6.92 Å². The van der Waals surface area contributed by atoms with Crippen LogP contribution in [-0.2, 0) is 11.2 Å². The normalized spacial score (nSPS) is 10.3. The van der Waals surface area contributed by atoms with Gasteiger partial charge in [0.1, 0.15) is 0 Å². The van der Waals surface area contributed by atoms with Gasteiger partial charge in [0.15, 0.2) is 5.78 Å². The van der Waals surface area contributed by atoms with Gasteiger partial charge < -0.3 is 0 Å². The minimum atomic E-state index is 0.0235. The highest BCUT2D eigenvalue weighted by Crippen LogP contribution is 2.18. The molecule has 1 aromatic carbocycles. The zero-order valence-electron chi connectivity index (χ0n) is 11.0. The number of ketones is 1. The topological polar surface area (TPSA) is 34.1 Å². The Labute approximate surface area is 109 Å². The Morgan fingerprint density at radius 2 is 2.11 bits per heavy atom. The first-order valence-electron chi connectivity index (χ1n) is 6.57. The van der Waals surface area contributed by atoms with Gasteiger partial charge in [-0.15, -0.1) is 0 Å². The third-order valence-electron chi connectivity index (χ3n) is 3.01. The van der Waals surface area contributed by atoms with E-state index < -0.39 is 0 Å². The molecule has 0 fully saturated rings. The summed E-state index contributed by atoms with van der Waals surface area (Å²) in [5.41, 5.74) is 1.92. The smallest absolute Gasteiger partial charge is 0.234 e. The molecule has 0 saturated carbocycles. The highest BCUT2D eigenvalue weighted by molar-refractivity contribution is 6.03. The molecule has 96 valence electrons. The van der Waals surface area contributed by atoms with Gasteiger partial charge >= 0.3 is 0 Å². The Balaban J connectivity index is 2.96. The minimum absolute atomic E-state index is 0.0235. The number of Topliss-reactive ketones (excluding diaryl/α,β-unsaturated/α-hetero) is 1. The van der Waals surface area contributed by atoms with Crippen LogP contribution in [0.25, 0.3) is 0 Å². The maximum absolute atomic E-state index is 12.0. The summed E-state index contributed by atoms with van der Waals surface area (Å²) in [6.45, 7) is 5.83. The zero-order valence-corrected chi connectivity index (χ0v) is 11.0. The zero-order chi connectivity index (χ0) is 13.4. The Morgan fingerprint density at radius 3 is 2.72 bits per heavy atom. The van der Waals surface area contributed by atoms with E-state index >= 15 is 0 Å². The average Bonchev–Trinajstić information content (AvgIpc) is 2.41. The van der Waals surface area contributed by atoms with Gasteiger partial charge in [0.25, 0.3) is 0 Å². The number of unbranched alkanes of at least 4 members (excludes halogenated alkanes) is 2. The van der Waals surface area contributed by atoms with E-state index in [0.29, 0.717) is 17.5 Å². The lowest BCUT2D eigenvalue weighted by atomic mass is 9.94. The maximum Gasteiger partial charge on any atom is 0.234 e. The summed E-state index contributed by atoms with van der Waals surface area (Å²) >= 11 is 0. The molecule has 0 bridgehead atoms. The molecule has 2 radical (unpaired) electrons. The summed E-state index contributed by atoms with van der Waals surface area (Å²) in [7, 11) is 0. The van der Waals surface area contributed by atoms with E-state index in [1.807, 2.05) is 18.4 Å². The summed E-state index contributed by atoms with van der Waals surface area (Å²) in [6, 6.07) is 5.48. The number of carbonyl (C=O) groups is 1. The quantitative estimate of drug-likeness (QED) is 0.654. The minimum Gasteiger partial charge on any atom is -0.294 e. The largest absolute Gasteiger partial charge is 0.294 e. The highest BCUT2D eigenvalue weighted by atomic mass is 16.1. The van der Waals surface area contributed by atoms with Crippen molar-refractivity contribution in [1.29, 1.82) is 0 Å². The molecule has 18 heavy (non-hydrogen) atoms. The summed E-state index contributed by atoms with van der Waals surface area (Å²) in [4.78, 5) is 23.1. The number of hydrogen-bond donors (Lipinski definition) is 0. The molecule has 1 aromatic rings. The van der Waals surface area contributed by atoms with Crippen LogP contribution in [0.15, 0.2) is 18.2 Å². The van der Waals surface area contributed by atoms with Crippen LogP contribution in [0.5, 0.6) is 0 Å². The summed E-state index contributed by atoms with van der Waals surface area (Å²) in [5.74, 6) is 0.0235. The van der Waals surface area contributed by atoms with Gasteiger partial charge in [-0.3, -0.25) is 9.59 Å². The molecule has 0 atom stereocenters. The van der Waals surface area contributed by atoms with Crippen LogP contribution in [0.1, 0.15) is 60.5 Å². The second kappa shape index (κ2) is 7.80. The van der Waals surface area contributed by atoms with E-state index in [0.717, 1.165) is 37.7 Å². The van der Waals surface area contributed by atoms with Crippen molar-refractivity contribution in [2.75, 3.05) is 0 Å². The third kappa shape index (κ3) is 3.80. The lowest BCUT2D eigenvalue weighted by molar-refractivity contribution is 0.0980. The number of benzene rings is 1. The van der Waals surface area contributed by atoms with Crippen molar-refractivity contribution in [3.05, 3.63) is 41.8 Å². The van der Waals surface area contributed by atoms with E-state index in [1.54, 1.807) is 6.07 Å². The van der Waals surface area contributed by atoms with Gasteiger partial charge in [-0.2, -0.15) is 0 Å². The van der Waals surface area contributed by atoms with Crippen LogP contribution < -0.4 is 0 Å². The summed E-state index contributed by atoms with van der Waals surface area (Å²) < 4.78 is 0. The van der Waals surface area contributed by atoms with E-state index in [4.69, 9.17) is 0 Å². The standard InChI is InChI=1S/C16H20O2/c1-3-5-8-13-9-7-10-14(15(13)12-17)16(18)11-6-4-2/h7,9-10H,2-6,8,11H2,1H3. The van der Waals surface area contributed by atoms with Crippen molar-refractivity contribution in [3.63, 3.8) is 0 Å². The maximum atomic E-state index is 12.0. The first-order chi connectivity index (χ1) is 8.74. The van der Waals surface area contributed by atoms with Crippen LogP contribution >= 0.6 is 0 Å². The molecule has 0 saturated heterocycles. The molecule has 0 aromatic heterocycles. The van der Waals surface area contributed by atoms with Crippen molar-refractivity contribution in [2.45, 2.75) is 45.4 Å². The van der Waals surface area contributed by atoms with Gasteiger partial charge in [0.2, 0.25) is 6.29 Å². The second-order valence-corrected chi connectivity index (χ2v) is 4.43. The first-order valence-corrected chi connectivity index (χ1v) is 6.57. The number of carbonyl (C=O) groups excluding carboxylic acids is 2. The Morgan fingerprint density at radius 1 is 1.33 bits per heavy atom. The fourth-order valence-corrected chi connectivity index (χ4v) is 1.95. The number of hydrogen-bond acceptors (Lipinski definition) is 2. The number of aryl methyl sites for hydroxylation is 1. The van der Waals surface area contributed by atoms with Crippen molar-refractivity contribution in [3.8, 4) is 0 Å². The first kappa shape index (κ1) is 14.6. The third-order valence-corrected chi connectivity index (χ3v) is 3.01. The van der Waals surface area contributed by atoms with Crippen molar-refractivity contribution in [1.82, 2.24) is 0 Å². The van der Waals surface area contributed by atoms with E-state index in [2.05, 4.69) is 13.8 Å². The van der Waals surface area contributed by atoms with Gasteiger partial charge in [-0.25, -0.2) is 0 Å². The molecule has 0 amide bonds. The lowest BCUT2D eigenvalue weighted by Crippen LogP contribution is -2.06. The van der Waals surface area contributed by atoms with E-state index in [9.17, 15) is 9.59 Å². The molecule has 2 heteroatoms. The van der Waals surface area contributed by atoms with Crippen molar-refractivity contribution < 1.29 is 9.59 Å². The van der Waals surface area contributed by atoms with Gasteiger partial charge in [0, 0.05) is 17.5 Å². The fourth-order valence-electron chi connectivity index (χ4n) is 1.95. The van der Waals surface area contributed by atoms with Gasteiger partial charge in [0.05, 0.1) is 0 Å². The van der Waals surface area contributed by atoms with Gasteiger partial charge in [-0.1, -0.05) is 44.9 Å². The molecular weight excluding hydrogens is 224 g/mol. The fraction of sp³-hybridized carbons (Fsp3) is 0.438. The predicted molar refractivity (Wildman–Crippen MR) is 73.4 cm³/mol.